The number of ether oxygens (including phenoxy) is 1. The van der Waals surface area contributed by atoms with Gasteiger partial charge in [-0.1, -0.05) is 32.9 Å². The summed E-state index contributed by atoms with van der Waals surface area (Å²) in [5.41, 5.74) is 1.31. The fourth-order valence-corrected chi connectivity index (χ4v) is 2.74. The predicted octanol–water partition coefficient (Wildman–Crippen LogP) is 0.286. The molecule has 0 aliphatic carbocycles. The number of hydrogen-bond acceptors (Lipinski definition) is 3. The average Bonchev–Trinajstić information content (AvgIpc) is 2.48. The van der Waals surface area contributed by atoms with E-state index in [2.05, 4.69) is 37.8 Å². The van der Waals surface area contributed by atoms with E-state index >= 15 is 0 Å². The van der Waals surface area contributed by atoms with Crippen LogP contribution >= 0.6 is 0 Å². The number of aliphatic hydroxyl groups excluding tert-OH is 1. The molecule has 1 unspecified atom stereocenters. The van der Waals surface area contributed by atoms with Gasteiger partial charge in [-0.15, -0.1) is 0 Å². The van der Waals surface area contributed by atoms with E-state index in [0.717, 1.165) is 31.3 Å². The SMILES string of the molecule is CC1CCN(CC(O)COc2ccc(C(C)C)cc2)CC1.[Cl-]. The molecule has 0 spiro atoms. The lowest BCUT2D eigenvalue weighted by molar-refractivity contribution is -0.00000680. The lowest BCUT2D eigenvalue weighted by Crippen LogP contribution is -3.00. The highest BCUT2D eigenvalue weighted by Crippen LogP contribution is 2.19. The van der Waals surface area contributed by atoms with E-state index < -0.39 is 6.10 Å². The zero-order valence-corrected chi connectivity index (χ0v) is 14.7. The summed E-state index contributed by atoms with van der Waals surface area (Å²) in [6.07, 6.45) is 2.07. The summed E-state index contributed by atoms with van der Waals surface area (Å²) in [5.74, 6) is 2.20. The molecule has 0 radical (unpaired) electrons. The Morgan fingerprint density at radius 1 is 1.18 bits per heavy atom. The summed E-state index contributed by atoms with van der Waals surface area (Å²) in [6.45, 7) is 9.95. The van der Waals surface area contributed by atoms with Crippen LogP contribution in [0.2, 0.25) is 0 Å². The number of hydrogen-bond donors (Lipinski definition) is 1. The minimum absolute atomic E-state index is 0. The van der Waals surface area contributed by atoms with E-state index in [1.807, 2.05) is 12.1 Å². The smallest absolute Gasteiger partial charge is 0.119 e. The molecule has 1 aromatic rings. The van der Waals surface area contributed by atoms with Gasteiger partial charge in [0.25, 0.3) is 0 Å². The number of halogens is 1. The van der Waals surface area contributed by atoms with Gasteiger partial charge >= 0.3 is 0 Å². The Labute approximate surface area is 141 Å². The summed E-state index contributed by atoms with van der Waals surface area (Å²) in [4.78, 5) is 2.34. The van der Waals surface area contributed by atoms with Crippen LogP contribution in [-0.4, -0.2) is 42.4 Å². The third-order valence-electron chi connectivity index (χ3n) is 4.33. The number of piperidine rings is 1. The average molecular weight is 327 g/mol. The van der Waals surface area contributed by atoms with Crippen molar-refractivity contribution in [1.29, 1.82) is 0 Å². The van der Waals surface area contributed by atoms with Gasteiger partial charge in [-0.3, -0.25) is 0 Å². The van der Waals surface area contributed by atoms with Crippen LogP contribution in [0.3, 0.4) is 0 Å². The molecular weight excluding hydrogens is 298 g/mol. The lowest BCUT2D eigenvalue weighted by atomic mass is 9.99. The van der Waals surface area contributed by atoms with Gasteiger partial charge in [-0.25, -0.2) is 0 Å². The molecule has 1 aliphatic rings. The second-order valence-electron chi connectivity index (χ2n) is 6.67. The fourth-order valence-electron chi connectivity index (χ4n) is 2.74. The maximum absolute atomic E-state index is 10.1. The Hall–Kier alpha value is -0.770. The molecular formula is C18H29ClNO2-. The number of nitrogens with zero attached hydrogens (tertiary/aromatic N) is 1. The molecule has 0 amide bonds. The van der Waals surface area contributed by atoms with Crippen LogP contribution in [-0.2, 0) is 0 Å². The first kappa shape index (κ1) is 19.3. The molecule has 2 rings (SSSR count). The van der Waals surface area contributed by atoms with E-state index in [-0.39, 0.29) is 12.4 Å². The van der Waals surface area contributed by atoms with Crippen molar-refractivity contribution < 1.29 is 22.3 Å². The van der Waals surface area contributed by atoms with Crippen molar-refractivity contribution in [1.82, 2.24) is 4.90 Å². The van der Waals surface area contributed by atoms with Crippen LogP contribution in [0, 0.1) is 5.92 Å². The van der Waals surface area contributed by atoms with Crippen LogP contribution in [0.15, 0.2) is 24.3 Å². The van der Waals surface area contributed by atoms with Gasteiger partial charge in [0.2, 0.25) is 0 Å². The quantitative estimate of drug-likeness (QED) is 0.815. The van der Waals surface area contributed by atoms with E-state index in [1.54, 1.807) is 0 Å². The molecule has 1 atom stereocenters. The van der Waals surface area contributed by atoms with Crippen molar-refractivity contribution in [2.24, 2.45) is 5.92 Å². The summed E-state index contributed by atoms with van der Waals surface area (Å²) < 4.78 is 5.69. The Morgan fingerprint density at radius 3 is 2.32 bits per heavy atom. The molecule has 0 saturated carbocycles. The zero-order valence-electron chi connectivity index (χ0n) is 14.0. The topological polar surface area (TPSA) is 32.7 Å². The zero-order chi connectivity index (χ0) is 15.2. The molecule has 1 aromatic carbocycles. The van der Waals surface area contributed by atoms with E-state index in [9.17, 15) is 5.11 Å². The van der Waals surface area contributed by atoms with Crippen molar-refractivity contribution >= 4 is 0 Å². The third kappa shape index (κ3) is 6.15. The molecule has 0 bridgehead atoms. The highest BCUT2D eigenvalue weighted by Gasteiger charge is 2.18. The molecule has 4 heteroatoms. The van der Waals surface area contributed by atoms with Crippen LogP contribution in [0.1, 0.15) is 45.1 Å². The first-order valence-electron chi connectivity index (χ1n) is 8.17. The third-order valence-corrected chi connectivity index (χ3v) is 4.33. The van der Waals surface area contributed by atoms with Crippen molar-refractivity contribution in [3.8, 4) is 5.75 Å². The van der Waals surface area contributed by atoms with Crippen molar-refractivity contribution in [2.45, 2.75) is 45.6 Å². The maximum atomic E-state index is 10.1. The fraction of sp³-hybridized carbons (Fsp3) is 0.667. The Bertz CT molecular complexity index is 414. The van der Waals surface area contributed by atoms with Crippen LogP contribution < -0.4 is 17.1 Å². The second kappa shape index (κ2) is 9.39. The van der Waals surface area contributed by atoms with Gasteiger partial charge < -0.3 is 27.2 Å². The summed E-state index contributed by atoms with van der Waals surface area (Å²) in [6, 6.07) is 8.17. The molecule has 1 fully saturated rings. The number of benzene rings is 1. The van der Waals surface area contributed by atoms with Gasteiger partial charge in [0.1, 0.15) is 18.5 Å². The van der Waals surface area contributed by atoms with Crippen molar-refractivity contribution in [2.75, 3.05) is 26.2 Å². The Kier molecular flexibility index (Phi) is 8.23. The molecule has 22 heavy (non-hydrogen) atoms. The normalized spacial score (nSPS) is 18.0. The van der Waals surface area contributed by atoms with E-state index in [0.29, 0.717) is 12.5 Å². The minimum atomic E-state index is -0.414. The first-order valence-corrected chi connectivity index (χ1v) is 8.17. The molecule has 1 aliphatic heterocycles. The summed E-state index contributed by atoms with van der Waals surface area (Å²) in [5, 5.41) is 10.1. The van der Waals surface area contributed by atoms with Crippen LogP contribution in [0.25, 0.3) is 0 Å². The van der Waals surface area contributed by atoms with Gasteiger partial charge in [0.05, 0.1) is 0 Å². The minimum Gasteiger partial charge on any atom is -1.00 e. The second-order valence-corrected chi connectivity index (χ2v) is 6.67. The van der Waals surface area contributed by atoms with Gasteiger partial charge in [0.15, 0.2) is 0 Å². The van der Waals surface area contributed by atoms with Crippen molar-refractivity contribution in [3.05, 3.63) is 29.8 Å². The Balaban J connectivity index is 0.00000242. The highest BCUT2D eigenvalue weighted by molar-refractivity contribution is 5.28. The maximum Gasteiger partial charge on any atom is 0.119 e. The monoisotopic (exact) mass is 326 g/mol. The number of aliphatic hydroxyl groups is 1. The van der Waals surface area contributed by atoms with Crippen LogP contribution in [0.5, 0.6) is 5.75 Å². The molecule has 1 heterocycles. The summed E-state index contributed by atoms with van der Waals surface area (Å²) in [7, 11) is 0. The van der Waals surface area contributed by atoms with Crippen LogP contribution in [0.4, 0.5) is 0 Å². The largest absolute Gasteiger partial charge is 1.00 e. The van der Waals surface area contributed by atoms with Gasteiger partial charge in [-0.2, -0.15) is 0 Å². The van der Waals surface area contributed by atoms with Crippen molar-refractivity contribution in [3.63, 3.8) is 0 Å². The standard InChI is InChI=1S/C18H29NO2.ClH/c1-14(2)16-4-6-18(7-5-16)21-13-17(20)12-19-10-8-15(3)9-11-19;/h4-7,14-15,17,20H,8-13H2,1-3H3;1H/p-1. The van der Waals surface area contributed by atoms with E-state index in [1.165, 1.54) is 18.4 Å². The number of likely N-dealkylation sites (tertiary alicyclic amines) is 1. The molecule has 3 nitrogen and oxygen atoms in total. The lowest BCUT2D eigenvalue weighted by Gasteiger charge is -2.31. The number of β-amino-alcohol motifs (C(OH)–C–C–N with tert-alkyl or cyclic N) is 1. The van der Waals surface area contributed by atoms with E-state index in [4.69, 9.17) is 4.74 Å². The predicted molar refractivity (Wildman–Crippen MR) is 86.9 cm³/mol. The summed E-state index contributed by atoms with van der Waals surface area (Å²) >= 11 is 0. The van der Waals surface area contributed by atoms with Gasteiger partial charge in [0, 0.05) is 6.54 Å². The Morgan fingerprint density at radius 2 is 1.77 bits per heavy atom. The molecule has 1 N–H and O–H groups in total. The van der Waals surface area contributed by atoms with Gasteiger partial charge in [-0.05, 0) is 55.5 Å². The molecule has 126 valence electrons. The highest BCUT2D eigenvalue weighted by atomic mass is 35.5. The number of rotatable bonds is 6. The molecule has 0 aromatic heterocycles. The molecule has 1 saturated heterocycles. The first-order chi connectivity index (χ1) is 10.0.